The van der Waals surface area contributed by atoms with E-state index in [2.05, 4.69) is 36.5 Å². The number of ether oxygens (including phenoxy) is 1. The molecule has 1 saturated carbocycles. The summed E-state index contributed by atoms with van der Waals surface area (Å²) < 4.78 is 10.2. The zero-order valence-corrected chi connectivity index (χ0v) is 28.2. The maximum atomic E-state index is 14.5. The molecular formula is C36H46N6O5. The minimum atomic E-state index is -1.23. The van der Waals surface area contributed by atoms with E-state index in [1.807, 2.05) is 59.3 Å². The number of nitrogens with zero attached hydrogens (tertiary/aromatic N) is 5. The molecule has 0 bridgehead atoms. The summed E-state index contributed by atoms with van der Waals surface area (Å²) in [4.78, 5) is 28.4. The fourth-order valence-electron chi connectivity index (χ4n) is 6.73. The van der Waals surface area contributed by atoms with E-state index in [9.17, 15) is 15.0 Å². The van der Waals surface area contributed by atoms with Crippen LogP contribution in [0.5, 0.6) is 0 Å². The van der Waals surface area contributed by atoms with Crippen molar-refractivity contribution in [2.75, 3.05) is 0 Å². The van der Waals surface area contributed by atoms with E-state index in [0.29, 0.717) is 30.3 Å². The molecule has 4 aromatic rings. The SMILES string of the molecule is CCCc1c(Cc2ccc(-c3ccccc3C3=NC(O)ON3)cc2)c(=O)n(C2CCC(C)(OC(C)C(C)(C)O)CC2)c2nc(C)nn12. The van der Waals surface area contributed by atoms with Crippen LogP contribution in [0, 0.1) is 6.92 Å². The number of hydrogen-bond acceptors (Lipinski definition) is 9. The second-order valence-corrected chi connectivity index (χ2v) is 13.8. The molecule has 0 spiro atoms. The summed E-state index contributed by atoms with van der Waals surface area (Å²) in [7, 11) is 0. The number of aliphatic hydroxyl groups excluding tert-OH is 1. The van der Waals surface area contributed by atoms with Crippen molar-refractivity contribution >= 4 is 11.6 Å². The van der Waals surface area contributed by atoms with Gasteiger partial charge >= 0.3 is 0 Å². The minimum absolute atomic E-state index is 0.00831. The maximum absolute atomic E-state index is 14.5. The topological polar surface area (TPSA) is 136 Å². The van der Waals surface area contributed by atoms with Crippen LogP contribution < -0.4 is 11.0 Å². The van der Waals surface area contributed by atoms with E-state index in [4.69, 9.17) is 19.7 Å². The molecule has 1 aliphatic heterocycles. The molecule has 11 heteroatoms. The van der Waals surface area contributed by atoms with Gasteiger partial charge in [0.15, 0.2) is 5.84 Å². The monoisotopic (exact) mass is 642 g/mol. The van der Waals surface area contributed by atoms with E-state index in [1.165, 1.54) is 0 Å². The lowest BCUT2D eigenvalue weighted by molar-refractivity contribution is -0.163. The molecule has 0 amide bonds. The van der Waals surface area contributed by atoms with Crippen molar-refractivity contribution in [1.29, 1.82) is 0 Å². The quantitative estimate of drug-likeness (QED) is 0.220. The number of nitrogens with one attached hydrogen (secondary N) is 1. The fourth-order valence-corrected chi connectivity index (χ4v) is 6.73. The fraction of sp³-hybridized carbons (Fsp3) is 0.500. The molecule has 3 N–H and O–H groups in total. The number of fused-ring (bicyclic) bond motifs is 1. The van der Waals surface area contributed by atoms with Gasteiger partial charge in [0, 0.05) is 23.6 Å². The number of hydrogen-bond donors (Lipinski definition) is 3. The third kappa shape index (κ3) is 6.76. The number of amidine groups is 1. The smallest absolute Gasteiger partial charge is 0.280 e. The largest absolute Gasteiger partial charge is 0.388 e. The first kappa shape index (κ1) is 33.0. The number of aliphatic hydroxyl groups is 2. The Balaban J connectivity index is 1.32. The molecule has 47 heavy (non-hydrogen) atoms. The van der Waals surface area contributed by atoms with E-state index in [0.717, 1.165) is 65.6 Å². The molecule has 2 unspecified atom stereocenters. The van der Waals surface area contributed by atoms with Crippen molar-refractivity contribution in [2.45, 2.75) is 116 Å². The Hall–Kier alpha value is -3.90. The van der Waals surface area contributed by atoms with Gasteiger partial charge in [0.25, 0.3) is 12.0 Å². The molecule has 1 aliphatic carbocycles. The Bertz CT molecular complexity index is 1830. The predicted octanol–water partition coefficient (Wildman–Crippen LogP) is 5.02. The first-order valence-corrected chi connectivity index (χ1v) is 16.6. The summed E-state index contributed by atoms with van der Waals surface area (Å²) in [6, 6.07) is 16.0. The normalized spacial score (nSPS) is 22.3. The highest BCUT2D eigenvalue weighted by atomic mass is 16.7. The number of aromatic nitrogens is 4. The predicted molar refractivity (Wildman–Crippen MR) is 180 cm³/mol. The van der Waals surface area contributed by atoms with Gasteiger partial charge in [-0.2, -0.15) is 10.1 Å². The second-order valence-electron chi connectivity index (χ2n) is 13.8. The zero-order valence-electron chi connectivity index (χ0n) is 28.2. The van der Waals surface area contributed by atoms with Gasteiger partial charge in [-0.15, -0.1) is 0 Å². The van der Waals surface area contributed by atoms with Crippen LogP contribution in [-0.4, -0.2) is 58.9 Å². The molecule has 11 nitrogen and oxygen atoms in total. The Kier molecular flexibility index (Phi) is 9.10. The Morgan fingerprint density at radius 3 is 2.43 bits per heavy atom. The highest BCUT2D eigenvalue weighted by Crippen LogP contribution is 2.39. The van der Waals surface area contributed by atoms with Crippen LogP contribution in [0.3, 0.4) is 0 Å². The average molecular weight is 643 g/mol. The van der Waals surface area contributed by atoms with Crippen LogP contribution in [-0.2, 0) is 22.4 Å². The Labute approximate surface area is 275 Å². The molecule has 2 aliphatic rings. The van der Waals surface area contributed by atoms with E-state index >= 15 is 0 Å². The van der Waals surface area contributed by atoms with Crippen molar-refractivity contribution in [3.63, 3.8) is 0 Å². The van der Waals surface area contributed by atoms with Crippen LogP contribution in [0.1, 0.15) is 101 Å². The van der Waals surface area contributed by atoms with E-state index in [1.54, 1.807) is 13.8 Å². The lowest BCUT2D eigenvalue weighted by Crippen LogP contribution is -2.45. The molecule has 2 atom stereocenters. The Morgan fingerprint density at radius 2 is 1.81 bits per heavy atom. The van der Waals surface area contributed by atoms with Gasteiger partial charge in [-0.1, -0.05) is 61.9 Å². The summed E-state index contributed by atoms with van der Waals surface area (Å²) in [6.07, 6.45) is 3.57. The van der Waals surface area contributed by atoms with Gasteiger partial charge in [-0.05, 0) is 83.4 Å². The molecule has 0 saturated heterocycles. The molecule has 1 fully saturated rings. The van der Waals surface area contributed by atoms with Gasteiger partial charge < -0.3 is 14.9 Å². The first-order chi connectivity index (χ1) is 22.4. The van der Waals surface area contributed by atoms with Crippen molar-refractivity contribution in [1.82, 2.24) is 24.6 Å². The van der Waals surface area contributed by atoms with Gasteiger partial charge in [0.05, 0.1) is 23.0 Å². The molecule has 0 radical (unpaired) electrons. The molecule has 2 aromatic carbocycles. The molecule has 2 aromatic heterocycles. The first-order valence-electron chi connectivity index (χ1n) is 16.6. The maximum Gasteiger partial charge on any atom is 0.280 e. The van der Waals surface area contributed by atoms with Crippen LogP contribution in [0.2, 0.25) is 0 Å². The van der Waals surface area contributed by atoms with Gasteiger partial charge in [-0.25, -0.2) is 19.8 Å². The highest BCUT2D eigenvalue weighted by Gasteiger charge is 2.38. The zero-order chi connectivity index (χ0) is 33.5. The summed E-state index contributed by atoms with van der Waals surface area (Å²) in [6.45, 7) is 11.5. The van der Waals surface area contributed by atoms with Gasteiger partial charge in [0.2, 0.25) is 5.78 Å². The molecular weight excluding hydrogens is 596 g/mol. The number of aryl methyl sites for hydroxylation is 2. The van der Waals surface area contributed by atoms with Crippen molar-refractivity contribution in [3.8, 4) is 11.1 Å². The van der Waals surface area contributed by atoms with Crippen LogP contribution in [0.4, 0.5) is 0 Å². The standard InChI is InChI=1S/C36H46N6O5/c1-7-10-30-29(21-24-13-15-25(16-14-24)27-11-8-9-12-28(27)31-38-34(44)47-40-31)32(43)41(33-37-23(3)39-42(30)33)26-17-19-36(6,20-18-26)46-22(2)35(4,5)45/h8-9,11-16,22,26,34,44-45H,7,10,17-21H2,1-6H3,(H,38,40). The summed E-state index contributed by atoms with van der Waals surface area (Å²) in [5, 5.41) is 25.0. The van der Waals surface area contributed by atoms with Crippen LogP contribution in [0.25, 0.3) is 16.9 Å². The number of hydroxylamine groups is 1. The van der Waals surface area contributed by atoms with Crippen molar-refractivity contribution in [2.24, 2.45) is 4.99 Å². The van der Waals surface area contributed by atoms with Crippen molar-refractivity contribution in [3.05, 3.63) is 87.1 Å². The average Bonchev–Trinajstić information content (AvgIpc) is 3.64. The molecule has 250 valence electrons. The second kappa shape index (κ2) is 13.0. The number of aliphatic imine (C=N–C) groups is 1. The van der Waals surface area contributed by atoms with E-state index < -0.39 is 12.0 Å². The van der Waals surface area contributed by atoms with Crippen molar-refractivity contribution < 1.29 is 19.8 Å². The van der Waals surface area contributed by atoms with Gasteiger partial charge in [0.1, 0.15) is 5.82 Å². The number of benzene rings is 2. The summed E-state index contributed by atoms with van der Waals surface area (Å²) in [5.41, 5.74) is 6.80. The minimum Gasteiger partial charge on any atom is -0.388 e. The third-order valence-electron chi connectivity index (χ3n) is 9.64. The summed E-state index contributed by atoms with van der Waals surface area (Å²) >= 11 is 0. The lowest BCUT2D eigenvalue weighted by atomic mass is 9.82. The molecule has 3 heterocycles. The van der Waals surface area contributed by atoms with Crippen LogP contribution >= 0.6 is 0 Å². The number of rotatable bonds is 10. The van der Waals surface area contributed by atoms with E-state index in [-0.39, 0.29) is 23.3 Å². The third-order valence-corrected chi connectivity index (χ3v) is 9.64. The molecule has 6 rings (SSSR count). The highest BCUT2D eigenvalue weighted by molar-refractivity contribution is 6.04. The summed E-state index contributed by atoms with van der Waals surface area (Å²) in [5.74, 6) is 1.71. The van der Waals surface area contributed by atoms with Crippen LogP contribution in [0.15, 0.2) is 58.3 Å². The Morgan fingerprint density at radius 1 is 1.13 bits per heavy atom. The van der Waals surface area contributed by atoms with Gasteiger partial charge in [-0.3, -0.25) is 9.36 Å². The lowest BCUT2D eigenvalue weighted by Gasteiger charge is -2.42.